The van der Waals surface area contributed by atoms with Gasteiger partial charge in [0.05, 0.1) is 22.6 Å². The first-order valence-electron chi connectivity index (χ1n) is 8.35. The van der Waals surface area contributed by atoms with Gasteiger partial charge in [-0.2, -0.15) is 0 Å². The number of rotatable bonds is 7. The third kappa shape index (κ3) is 4.83. The van der Waals surface area contributed by atoms with E-state index in [4.69, 9.17) is 0 Å². The summed E-state index contributed by atoms with van der Waals surface area (Å²) in [6.07, 6.45) is 1.08. The average Bonchev–Trinajstić information content (AvgIpc) is 2.61. The van der Waals surface area contributed by atoms with Crippen LogP contribution in [0.4, 0.5) is 21.5 Å². The van der Waals surface area contributed by atoms with Crippen molar-refractivity contribution in [2.75, 3.05) is 15.9 Å². The maximum absolute atomic E-state index is 13.2. The highest BCUT2D eigenvalue weighted by atomic mass is 32.2. The molecule has 0 aliphatic heterocycles. The van der Waals surface area contributed by atoms with Gasteiger partial charge in [-0.05, 0) is 43.2 Å². The summed E-state index contributed by atoms with van der Waals surface area (Å²) in [5.41, 5.74) is 0.737. The van der Waals surface area contributed by atoms with Gasteiger partial charge >= 0.3 is 0 Å². The zero-order valence-electron chi connectivity index (χ0n) is 15.5. The average molecular weight is 409 g/mol. The van der Waals surface area contributed by atoms with E-state index in [1.807, 2.05) is 0 Å². The number of hydrogen-bond donors (Lipinski definition) is 1. The normalized spacial score (nSPS) is 12.3. The highest BCUT2D eigenvalue weighted by Crippen LogP contribution is 2.26. The number of nitro benzene ring substituents is 1. The second-order valence-corrected chi connectivity index (χ2v) is 8.06. The molecule has 0 fully saturated rings. The Kier molecular flexibility index (Phi) is 6.34. The number of halogens is 1. The number of non-ortho nitro benzene ring substituents is 1. The van der Waals surface area contributed by atoms with Gasteiger partial charge in [-0.25, -0.2) is 12.8 Å². The lowest BCUT2D eigenvalue weighted by Gasteiger charge is -2.30. The van der Waals surface area contributed by atoms with Crippen LogP contribution in [0.5, 0.6) is 0 Å². The molecular formula is C18H20FN3O5S. The molecule has 1 amide bonds. The summed E-state index contributed by atoms with van der Waals surface area (Å²) in [6.45, 7) is 3.29. The van der Waals surface area contributed by atoms with Gasteiger partial charge in [-0.3, -0.25) is 19.2 Å². The van der Waals surface area contributed by atoms with Crippen molar-refractivity contribution in [1.29, 1.82) is 0 Å². The van der Waals surface area contributed by atoms with Crippen molar-refractivity contribution >= 4 is 33.0 Å². The van der Waals surface area contributed by atoms with Gasteiger partial charge in [0, 0.05) is 12.1 Å². The second kappa shape index (κ2) is 8.34. The number of nitro groups is 1. The van der Waals surface area contributed by atoms with Crippen LogP contribution in [0, 0.1) is 22.9 Å². The van der Waals surface area contributed by atoms with E-state index in [0.717, 1.165) is 22.7 Å². The molecule has 1 atom stereocenters. The van der Waals surface area contributed by atoms with Crippen LogP contribution >= 0.6 is 0 Å². The van der Waals surface area contributed by atoms with Crippen molar-refractivity contribution < 1.29 is 22.5 Å². The van der Waals surface area contributed by atoms with Crippen LogP contribution in [0.2, 0.25) is 0 Å². The molecule has 0 radical (unpaired) electrons. The van der Waals surface area contributed by atoms with Crippen molar-refractivity contribution in [1.82, 2.24) is 0 Å². The fourth-order valence-electron chi connectivity index (χ4n) is 2.72. The third-order valence-corrected chi connectivity index (χ3v) is 5.28. The summed E-state index contributed by atoms with van der Waals surface area (Å²) >= 11 is 0. The molecule has 0 aromatic heterocycles. The lowest BCUT2D eigenvalue weighted by molar-refractivity contribution is -0.384. The van der Waals surface area contributed by atoms with Crippen molar-refractivity contribution in [2.45, 2.75) is 26.3 Å². The van der Waals surface area contributed by atoms with Crippen LogP contribution < -0.4 is 9.62 Å². The number of amides is 1. The summed E-state index contributed by atoms with van der Waals surface area (Å²) in [5.74, 6) is -1.19. The molecule has 0 saturated heterocycles. The number of nitrogens with zero attached hydrogens (tertiary/aromatic N) is 2. The van der Waals surface area contributed by atoms with E-state index in [1.54, 1.807) is 13.8 Å². The molecule has 10 heteroatoms. The van der Waals surface area contributed by atoms with E-state index < -0.39 is 32.7 Å². The Balaban J connectivity index is 2.41. The van der Waals surface area contributed by atoms with E-state index in [2.05, 4.69) is 5.32 Å². The Morgan fingerprint density at radius 3 is 2.36 bits per heavy atom. The standard InChI is InChI=1S/C18H20FN3O5S/c1-4-17(21(28(3,26)27)14-9-6-13(19)7-10-14)18(23)20-16-11-15(22(24)25)8-5-12(16)2/h5-11,17H,4H2,1-3H3,(H,20,23)/t17-/m1/s1. The molecule has 2 aromatic carbocycles. The molecule has 1 N–H and O–H groups in total. The summed E-state index contributed by atoms with van der Waals surface area (Å²) in [6, 6.07) is 7.62. The van der Waals surface area contributed by atoms with Gasteiger partial charge in [0.25, 0.3) is 5.69 Å². The maximum atomic E-state index is 13.2. The maximum Gasteiger partial charge on any atom is 0.271 e. The number of benzene rings is 2. The van der Waals surface area contributed by atoms with Crippen LogP contribution in [0.25, 0.3) is 0 Å². The minimum atomic E-state index is -3.87. The fourth-order valence-corrected chi connectivity index (χ4v) is 3.93. The molecule has 0 bridgehead atoms. The molecule has 2 aromatic rings. The Morgan fingerprint density at radius 2 is 1.86 bits per heavy atom. The molecule has 0 aliphatic carbocycles. The smallest absolute Gasteiger partial charge is 0.271 e. The lowest BCUT2D eigenvalue weighted by atomic mass is 10.1. The molecule has 2 rings (SSSR count). The first-order chi connectivity index (χ1) is 13.0. The number of carbonyl (C=O) groups is 1. The van der Waals surface area contributed by atoms with Crippen LogP contribution in [0.1, 0.15) is 18.9 Å². The predicted octanol–water partition coefficient (Wildman–Crippen LogP) is 3.23. The van der Waals surface area contributed by atoms with E-state index in [1.165, 1.54) is 30.3 Å². The highest BCUT2D eigenvalue weighted by Gasteiger charge is 2.32. The van der Waals surface area contributed by atoms with Crippen molar-refractivity contribution in [3.8, 4) is 0 Å². The van der Waals surface area contributed by atoms with Gasteiger partial charge in [0.15, 0.2) is 0 Å². The highest BCUT2D eigenvalue weighted by molar-refractivity contribution is 7.92. The van der Waals surface area contributed by atoms with Gasteiger partial charge in [-0.1, -0.05) is 13.0 Å². The van der Waals surface area contributed by atoms with E-state index in [9.17, 15) is 27.7 Å². The minimum Gasteiger partial charge on any atom is -0.324 e. The Hall–Kier alpha value is -3.01. The molecule has 0 saturated carbocycles. The quantitative estimate of drug-likeness (QED) is 0.558. The van der Waals surface area contributed by atoms with Gasteiger partial charge in [0.2, 0.25) is 15.9 Å². The molecular weight excluding hydrogens is 389 g/mol. The van der Waals surface area contributed by atoms with E-state index in [-0.39, 0.29) is 23.5 Å². The molecule has 0 aliphatic rings. The number of hydrogen-bond acceptors (Lipinski definition) is 5. The van der Waals surface area contributed by atoms with Crippen molar-refractivity contribution in [2.24, 2.45) is 0 Å². The van der Waals surface area contributed by atoms with Crippen LogP contribution in [-0.2, 0) is 14.8 Å². The van der Waals surface area contributed by atoms with Crippen molar-refractivity contribution in [3.05, 3.63) is 64.0 Å². The van der Waals surface area contributed by atoms with Crippen LogP contribution in [0.15, 0.2) is 42.5 Å². The minimum absolute atomic E-state index is 0.129. The first-order valence-corrected chi connectivity index (χ1v) is 10.2. The van der Waals surface area contributed by atoms with Gasteiger partial charge in [0.1, 0.15) is 11.9 Å². The summed E-state index contributed by atoms with van der Waals surface area (Å²) < 4.78 is 38.8. The van der Waals surface area contributed by atoms with Crippen LogP contribution in [0.3, 0.4) is 0 Å². The number of anilines is 2. The predicted molar refractivity (Wildman–Crippen MR) is 104 cm³/mol. The Morgan fingerprint density at radius 1 is 1.25 bits per heavy atom. The fraction of sp³-hybridized carbons (Fsp3) is 0.278. The number of nitrogens with one attached hydrogen (secondary N) is 1. The molecule has 8 nitrogen and oxygen atoms in total. The monoisotopic (exact) mass is 409 g/mol. The van der Waals surface area contributed by atoms with E-state index >= 15 is 0 Å². The molecule has 150 valence electrons. The summed E-state index contributed by atoms with van der Waals surface area (Å²) in [7, 11) is -3.87. The summed E-state index contributed by atoms with van der Waals surface area (Å²) in [4.78, 5) is 23.2. The van der Waals surface area contributed by atoms with E-state index in [0.29, 0.717) is 5.56 Å². The van der Waals surface area contributed by atoms with Crippen molar-refractivity contribution in [3.63, 3.8) is 0 Å². The molecule has 28 heavy (non-hydrogen) atoms. The Bertz CT molecular complexity index is 993. The van der Waals surface area contributed by atoms with Crippen LogP contribution in [-0.4, -0.2) is 31.5 Å². The lowest BCUT2D eigenvalue weighted by Crippen LogP contribution is -2.47. The Labute approximate surface area is 162 Å². The SMILES string of the molecule is CC[C@H](C(=O)Nc1cc([N+](=O)[O-])ccc1C)N(c1ccc(F)cc1)S(C)(=O)=O. The van der Waals surface area contributed by atoms with Gasteiger partial charge in [-0.15, -0.1) is 0 Å². The zero-order valence-corrected chi connectivity index (χ0v) is 16.4. The number of aryl methyl sites for hydroxylation is 1. The first kappa shape index (κ1) is 21.3. The summed E-state index contributed by atoms with van der Waals surface area (Å²) in [5, 5.41) is 13.5. The van der Waals surface area contributed by atoms with Gasteiger partial charge < -0.3 is 5.32 Å². The molecule has 0 unspecified atom stereocenters. The number of sulfonamides is 1. The number of carbonyl (C=O) groups excluding carboxylic acids is 1. The third-order valence-electron chi connectivity index (χ3n) is 4.10. The molecule has 0 spiro atoms. The molecule has 0 heterocycles. The zero-order chi connectivity index (χ0) is 21.1. The largest absolute Gasteiger partial charge is 0.324 e. The second-order valence-electron chi connectivity index (χ2n) is 6.20. The topological polar surface area (TPSA) is 110 Å².